The van der Waals surface area contributed by atoms with Crippen LogP contribution in [-0.2, 0) is 0 Å². The minimum Gasteiger partial charge on any atom is -0.449 e. The van der Waals surface area contributed by atoms with Crippen molar-refractivity contribution in [3.8, 4) is 46.1 Å². The SMILES string of the molecule is CN(C)C(=O)c1cccc(Oc2nc(Oc3ccccc3C(=N)N)c(F)c(Oc3ccc(-c4nnn[nH]4)cc3Cl)c2F)c1. The summed E-state index contributed by atoms with van der Waals surface area (Å²) in [5, 5.41) is 21.2. The van der Waals surface area contributed by atoms with E-state index in [0.29, 0.717) is 11.4 Å². The van der Waals surface area contributed by atoms with Crippen LogP contribution in [0.15, 0.2) is 66.7 Å². The lowest BCUT2D eigenvalue weighted by Gasteiger charge is -2.16. The maximum atomic E-state index is 15.8. The van der Waals surface area contributed by atoms with E-state index in [-0.39, 0.29) is 45.1 Å². The second kappa shape index (κ2) is 12.1. The van der Waals surface area contributed by atoms with E-state index in [0.717, 1.165) is 0 Å². The molecule has 12 nitrogen and oxygen atoms in total. The lowest BCUT2D eigenvalue weighted by Crippen LogP contribution is -2.21. The second-order valence-corrected chi connectivity index (χ2v) is 9.42. The Bertz CT molecular complexity index is 1840. The van der Waals surface area contributed by atoms with Gasteiger partial charge in [0.15, 0.2) is 5.82 Å². The number of nitrogens with two attached hydrogens (primary N) is 1. The number of amidine groups is 1. The maximum absolute atomic E-state index is 15.8. The normalized spacial score (nSPS) is 10.7. The van der Waals surface area contributed by atoms with E-state index in [2.05, 4.69) is 25.6 Å². The number of rotatable bonds is 9. The van der Waals surface area contributed by atoms with Crippen LogP contribution in [-0.4, -0.2) is 56.3 Å². The fourth-order valence-corrected chi connectivity index (χ4v) is 3.99. The Kier molecular flexibility index (Phi) is 8.11. The summed E-state index contributed by atoms with van der Waals surface area (Å²) >= 11 is 6.36. The topological polar surface area (TPSA) is 165 Å². The van der Waals surface area contributed by atoms with Crippen molar-refractivity contribution in [2.24, 2.45) is 5.73 Å². The van der Waals surface area contributed by atoms with Gasteiger partial charge in [-0.1, -0.05) is 29.8 Å². The van der Waals surface area contributed by atoms with Crippen molar-refractivity contribution < 1.29 is 27.8 Å². The molecule has 2 aromatic heterocycles. The zero-order valence-corrected chi connectivity index (χ0v) is 23.2. The Hall–Kier alpha value is -5.63. The molecule has 0 atom stereocenters. The molecule has 0 aliphatic rings. The third-order valence-electron chi connectivity index (χ3n) is 5.83. The van der Waals surface area contributed by atoms with Crippen LogP contribution in [0.5, 0.6) is 34.8 Å². The number of hydrogen-bond donors (Lipinski definition) is 3. The molecule has 5 aromatic rings. The first-order valence-corrected chi connectivity index (χ1v) is 12.7. The molecule has 15 heteroatoms. The van der Waals surface area contributed by atoms with Crippen LogP contribution < -0.4 is 19.9 Å². The van der Waals surface area contributed by atoms with Gasteiger partial charge in [0.2, 0.25) is 17.4 Å². The van der Waals surface area contributed by atoms with Gasteiger partial charge in [0.1, 0.15) is 23.1 Å². The van der Waals surface area contributed by atoms with Gasteiger partial charge >= 0.3 is 0 Å². The summed E-state index contributed by atoms with van der Waals surface area (Å²) in [5.41, 5.74) is 6.51. The van der Waals surface area contributed by atoms with Crippen molar-refractivity contribution in [2.75, 3.05) is 14.1 Å². The van der Waals surface area contributed by atoms with Crippen molar-refractivity contribution in [1.29, 1.82) is 5.41 Å². The van der Waals surface area contributed by atoms with E-state index < -0.39 is 29.1 Å². The van der Waals surface area contributed by atoms with Crippen molar-refractivity contribution in [3.63, 3.8) is 0 Å². The monoisotopic (exact) mass is 606 g/mol. The number of carbonyl (C=O) groups excluding carboxylic acids is 1. The van der Waals surface area contributed by atoms with Gasteiger partial charge < -0.3 is 24.8 Å². The number of nitrogens with zero attached hydrogens (tertiary/aromatic N) is 5. The number of nitrogens with one attached hydrogen (secondary N) is 2. The number of benzene rings is 3. The van der Waals surface area contributed by atoms with Crippen LogP contribution in [0.25, 0.3) is 11.4 Å². The van der Waals surface area contributed by atoms with Crippen LogP contribution >= 0.6 is 11.6 Å². The fourth-order valence-electron chi connectivity index (χ4n) is 3.77. The third kappa shape index (κ3) is 6.18. The Morgan fingerprint density at radius 2 is 1.70 bits per heavy atom. The van der Waals surface area contributed by atoms with E-state index in [4.69, 9.17) is 37.0 Å². The molecule has 218 valence electrons. The molecule has 0 unspecified atom stereocenters. The summed E-state index contributed by atoms with van der Waals surface area (Å²) in [7, 11) is 3.15. The van der Waals surface area contributed by atoms with Gasteiger partial charge in [-0.15, -0.1) is 5.10 Å². The lowest BCUT2D eigenvalue weighted by atomic mass is 10.2. The lowest BCUT2D eigenvalue weighted by molar-refractivity contribution is 0.0827. The minimum absolute atomic E-state index is 0.0220. The third-order valence-corrected chi connectivity index (χ3v) is 6.12. The van der Waals surface area contributed by atoms with Crippen LogP contribution in [0.1, 0.15) is 15.9 Å². The second-order valence-electron chi connectivity index (χ2n) is 9.02. The fraction of sp³-hybridized carbons (Fsp3) is 0.0714. The molecule has 1 amide bonds. The number of amides is 1. The quantitative estimate of drug-likeness (QED) is 0.144. The molecule has 2 heterocycles. The van der Waals surface area contributed by atoms with Gasteiger partial charge in [-0.3, -0.25) is 10.2 Å². The van der Waals surface area contributed by atoms with Gasteiger partial charge in [-0.05, 0) is 59.0 Å². The molecule has 0 aliphatic carbocycles. The number of H-pyrrole nitrogens is 1. The van der Waals surface area contributed by atoms with E-state index in [1.807, 2.05) is 0 Å². The van der Waals surface area contributed by atoms with Gasteiger partial charge in [-0.25, -0.2) is 5.10 Å². The highest BCUT2D eigenvalue weighted by molar-refractivity contribution is 6.32. The number of nitrogen functional groups attached to an aromatic ring is 1. The predicted octanol–water partition coefficient (Wildman–Crippen LogP) is 5.56. The molecule has 0 radical (unpaired) electrons. The van der Waals surface area contributed by atoms with E-state index in [1.54, 1.807) is 32.3 Å². The largest absolute Gasteiger partial charge is 0.449 e. The zero-order valence-electron chi connectivity index (χ0n) is 22.4. The van der Waals surface area contributed by atoms with Crippen LogP contribution in [0.4, 0.5) is 8.78 Å². The molecule has 0 saturated carbocycles. The Morgan fingerprint density at radius 1 is 0.953 bits per heavy atom. The summed E-state index contributed by atoms with van der Waals surface area (Å²) in [4.78, 5) is 17.7. The van der Waals surface area contributed by atoms with E-state index in [9.17, 15) is 4.79 Å². The first-order valence-electron chi connectivity index (χ1n) is 12.3. The number of pyridine rings is 1. The number of ether oxygens (including phenoxy) is 3. The Labute approximate surface area is 247 Å². The minimum atomic E-state index is -1.33. The average molecular weight is 607 g/mol. The molecule has 0 spiro atoms. The number of aromatic nitrogens is 5. The van der Waals surface area contributed by atoms with Gasteiger partial charge in [-0.2, -0.15) is 13.8 Å². The first kappa shape index (κ1) is 28.9. The molecule has 43 heavy (non-hydrogen) atoms. The van der Waals surface area contributed by atoms with Crippen LogP contribution in [0.2, 0.25) is 5.02 Å². The zero-order chi connectivity index (χ0) is 30.7. The number of para-hydroxylation sites is 1. The summed E-state index contributed by atoms with van der Waals surface area (Å²) in [5.74, 6) is -5.61. The summed E-state index contributed by atoms with van der Waals surface area (Å²) in [6, 6.07) is 16.3. The number of aromatic amines is 1. The average Bonchev–Trinajstić information content (AvgIpc) is 3.53. The van der Waals surface area contributed by atoms with E-state index in [1.165, 1.54) is 53.4 Å². The van der Waals surface area contributed by atoms with Crippen LogP contribution in [0.3, 0.4) is 0 Å². The van der Waals surface area contributed by atoms with Gasteiger partial charge in [0.25, 0.3) is 17.7 Å². The predicted molar refractivity (Wildman–Crippen MR) is 151 cm³/mol. The molecule has 4 N–H and O–H groups in total. The maximum Gasteiger partial charge on any atom is 0.263 e. The molecule has 0 bridgehead atoms. The van der Waals surface area contributed by atoms with Crippen molar-refractivity contribution in [3.05, 3.63) is 94.5 Å². The highest BCUT2D eigenvalue weighted by atomic mass is 35.5. The molecule has 5 rings (SSSR count). The standard InChI is InChI=1S/C28H21ClF2N8O4/c1-39(2)28(40)15-6-5-7-16(12-15)41-26-21(30)23(42-20-11-10-14(13-18(20)29)25-35-37-38-36-25)22(31)27(34-26)43-19-9-4-3-8-17(19)24(32)33/h3-13H,1-2H3,(H3,32,33)(H,35,36,37,38). The smallest absolute Gasteiger partial charge is 0.263 e. The molecule has 0 fully saturated rings. The van der Waals surface area contributed by atoms with Crippen molar-refractivity contribution in [1.82, 2.24) is 30.5 Å². The highest BCUT2D eigenvalue weighted by Crippen LogP contribution is 2.42. The summed E-state index contributed by atoms with van der Waals surface area (Å²) in [6.45, 7) is 0. The number of hydrogen-bond acceptors (Lipinski definition) is 9. The molecular formula is C28H21ClF2N8O4. The molecule has 0 saturated heterocycles. The van der Waals surface area contributed by atoms with E-state index >= 15 is 8.78 Å². The van der Waals surface area contributed by atoms with Gasteiger partial charge in [0, 0.05) is 25.2 Å². The first-order chi connectivity index (χ1) is 20.6. The molecular weight excluding hydrogens is 586 g/mol. The molecule has 3 aromatic carbocycles. The number of tetrazole rings is 1. The van der Waals surface area contributed by atoms with Crippen LogP contribution in [0, 0.1) is 17.0 Å². The Morgan fingerprint density at radius 3 is 2.37 bits per heavy atom. The highest BCUT2D eigenvalue weighted by Gasteiger charge is 2.27. The van der Waals surface area contributed by atoms with Crippen molar-refractivity contribution >= 4 is 23.3 Å². The van der Waals surface area contributed by atoms with Gasteiger partial charge in [0.05, 0.1) is 10.6 Å². The number of halogens is 3. The molecule has 0 aliphatic heterocycles. The Balaban J connectivity index is 1.58. The summed E-state index contributed by atoms with van der Waals surface area (Å²) < 4.78 is 48.6. The number of carbonyl (C=O) groups is 1. The van der Waals surface area contributed by atoms with Crippen molar-refractivity contribution in [2.45, 2.75) is 0 Å². The summed E-state index contributed by atoms with van der Waals surface area (Å²) in [6.07, 6.45) is 0.